The lowest BCUT2D eigenvalue weighted by molar-refractivity contribution is -0.163. The number of amides is 1. The van der Waals surface area contributed by atoms with Crippen molar-refractivity contribution in [3.05, 3.63) is 0 Å². The summed E-state index contributed by atoms with van der Waals surface area (Å²) in [5, 5.41) is 20.0. The third-order valence-electron chi connectivity index (χ3n) is 2.27. The van der Waals surface area contributed by atoms with E-state index in [9.17, 15) is 14.7 Å². The number of morpholine rings is 1. The largest absolute Gasteiger partial charge is 0.478 e. The number of rotatable bonds is 4. The molecule has 0 aliphatic carbocycles. The Morgan fingerprint density at radius 2 is 2.00 bits per heavy atom. The second-order valence-electron chi connectivity index (χ2n) is 3.81. The molecule has 1 aliphatic rings. The van der Waals surface area contributed by atoms with Crippen molar-refractivity contribution < 1.29 is 24.5 Å². The molecule has 0 aromatic carbocycles. The van der Waals surface area contributed by atoms with E-state index in [1.807, 2.05) is 10.2 Å². The standard InChI is InChI=1S/C9H16N2O5/c1-9(15,8(13)14)10-7(12)6-11-2-4-16-5-3-11/h15H,2-6H2,1H3,(H,10,12)(H,13,14)/t9-/m0/s1. The molecule has 0 aromatic rings. The first-order valence-corrected chi connectivity index (χ1v) is 4.99. The third kappa shape index (κ3) is 3.76. The normalized spacial score (nSPS) is 21.1. The van der Waals surface area contributed by atoms with Crippen LogP contribution >= 0.6 is 0 Å². The first kappa shape index (κ1) is 12.9. The van der Waals surface area contributed by atoms with Crippen molar-refractivity contribution in [2.45, 2.75) is 12.6 Å². The number of carbonyl (C=O) groups excluding carboxylic acids is 1. The van der Waals surface area contributed by atoms with Gasteiger partial charge in [0.1, 0.15) is 0 Å². The van der Waals surface area contributed by atoms with E-state index in [1.165, 1.54) is 0 Å². The molecule has 1 fully saturated rings. The number of nitrogens with one attached hydrogen (secondary N) is 1. The number of hydrogen-bond acceptors (Lipinski definition) is 5. The number of ether oxygens (including phenoxy) is 1. The number of hydrogen-bond donors (Lipinski definition) is 3. The first-order chi connectivity index (χ1) is 7.42. The van der Waals surface area contributed by atoms with Crippen molar-refractivity contribution in [3.63, 3.8) is 0 Å². The molecule has 1 rings (SSSR count). The molecule has 0 radical (unpaired) electrons. The Balaban J connectivity index is 2.37. The van der Waals surface area contributed by atoms with Crippen LogP contribution in [-0.4, -0.2) is 65.6 Å². The van der Waals surface area contributed by atoms with Gasteiger partial charge in [-0.15, -0.1) is 0 Å². The van der Waals surface area contributed by atoms with E-state index in [1.54, 1.807) is 0 Å². The van der Waals surface area contributed by atoms with Crippen molar-refractivity contribution >= 4 is 11.9 Å². The molecular weight excluding hydrogens is 216 g/mol. The highest BCUT2D eigenvalue weighted by Crippen LogP contribution is 2.00. The summed E-state index contributed by atoms with van der Waals surface area (Å²) in [7, 11) is 0. The van der Waals surface area contributed by atoms with Gasteiger partial charge < -0.3 is 20.3 Å². The fourth-order valence-electron chi connectivity index (χ4n) is 1.33. The molecule has 92 valence electrons. The van der Waals surface area contributed by atoms with Crippen molar-refractivity contribution in [1.82, 2.24) is 10.2 Å². The van der Waals surface area contributed by atoms with Gasteiger partial charge in [0.25, 0.3) is 0 Å². The zero-order valence-electron chi connectivity index (χ0n) is 9.10. The van der Waals surface area contributed by atoms with Gasteiger partial charge in [0.15, 0.2) is 0 Å². The summed E-state index contributed by atoms with van der Waals surface area (Å²) in [6.45, 7) is 3.45. The van der Waals surface area contributed by atoms with Gasteiger partial charge in [0, 0.05) is 13.1 Å². The van der Waals surface area contributed by atoms with Crippen LogP contribution in [0.25, 0.3) is 0 Å². The smallest absolute Gasteiger partial charge is 0.356 e. The molecule has 1 heterocycles. The lowest BCUT2D eigenvalue weighted by Gasteiger charge is -2.27. The number of nitrogens with zero attached hydrogens (tertiary/aromatic N) is 1. The number of carboxylic acids is 1. The Morgan fingerprint density at radius 1 is 1.44 bits per heavy atom. The van der Waals surface area contributed by atoms with Crippen molar-refractivity contribution in [2.75, 3.05) is 32.8 Å². The van der Waals surface area contributed by atoms with E-state index in [0.717, 1.165) is 6.92 Å². The van der Waals surface area contributed by atoms with Gasteiger partial charge in [0.2, 0.25) is 11.6 Å². The van der Waals surface area contributed by atoms with Crippen molar-refractivity contribution in [3.8, 4) is 0 Å². The molecular formula is C9H16N2O5. The van der Waals surface area contributed by atoms with E-state index in [4.69, 9.17) is 9.84 Å². The molecule has 3 N–H and O–H groups in total. The Labute approximate surface area is 93.0 Å². The zero-order valence-corrected chi connectivity index (χ0v) is 9.10. The molecule has 0 spiro atoms. The number of carboxylic acid groups (broad SMARTS) is 1. The lowest BCUT2D eigenvalue weighted by atomic mass is 10.2. The van der Waals surface area contributed by atoms with E-state index in [0.29, 0.717) is 26.3 Å². The van der Waals surface area contributed by atoms with Crippen LogP contribution in [0.4, 0.5) is 0 Å². The minimum atomic E-state index is -2.22. The lowest BCUT2D eigenvalue weighted by Crippen LogP contribution is -2.55. The van der Waals surface area contributed by atoms with Gasteiger partial charge in [-0.25, -0.2) is 4.79 Å². The van der Waals surface area contributed by atoms with E-state index in [-0.39, 0.29) is 6.54 Å². The van der Waals surface area contributed by atoms with Crippen LogP contribution in [-0.2, 0) is 14.3 Å². The maximum atomic E-state index is 11.4. The first-order valence-electron chi connectivity index (χ1n) is 4.99. The molecule has 0 saturated carbocycles. The van der Waals surface area contributed by atoms with Crippen LogP contribution in [0.1, 0.15) is 6.92 Å². The Morgan fingerprint density at radius 3 is 2.50 bits per heavy atom. The molecule has 1 saturated heterocycles. The SMILES string of the molecule is C[C@@](O)(NC(=O)CN1CCOCC1)C(=O)O. The van der Waals surface area contributed by atoms with Crippen LogP contribution in [0.3, 0.4) is 0 Å². The maximum absolute atomic E-state index is 11.4. The second kappa shape index (κ2) is 5.24. The monoisotopic (exact) mass is 232 g/mol. The fraction of sp³-hybridized carbons (Fsp3) is 0.778. The van der Waals surface area contributed by atoms with Crippen molar-refractivity contribution in [1.29, 1.82) is 0 Å². The quantitative estimate of drug-likeness (QED) is 0.496. The van der Waals surface area contributed by atoms with Gasteiger partial charge in [-0.2, -0.15) is 0 Å². The van der Waals surface area contributed by atoms with Gasteiger partial charge >= 0.3 is 5.97 Å². The van der Waals surface area contributed by atoms with Gasteiger partial charge in [-0.3, -0.25) is 9.69 Å². The van der Waals surface area contributed by atoms with Crippen LogP contribution in [0, 0.1) is 0 Å². The second-order valence-corrected chi connectivity index (χ2v) is 3.81. The summed E-state index contributed by atoms with van der Waals surface area (Å²) in [5.74, 6) is -2.00. The van der Waals surface area contributed by atoms with Crippen LogP contribution in [0.2, 0.25) is 0 Å². The summed E-state index contributed by atoms with van der Waals surface area (Å²) in [5.41, 5.74) is -2.22. The van der Waals surface area contributed by atoms with Crippen LogP contribution in [0.15, 0.2) is 0 Å². The fourth-order valence-corrected chi connectivity index (χ4v) is 1.33. The molecule has 0 aromatic heterocycles. The molecule has 16 heavy (non-hydrogen) atoms. The van der Waals surface area contributed by atoms with E-state index < -0.39 is 17.6 Å². The number of aliphatic hydroxyl groups is 1. The maximum Gasteiger partial charge on any atom is 0.356 e. The molecule has 1 aliphatic heterocycles. The molecule has 7 nitrogen and oxygen atoms in total. The van der Waals surface area contributed by atoms with Crippen molar-refractivity contribution in [2.24, 2.45) is 0 Å². The van der Waals surface area contributed by atoms with Crippen LogP contribution in [0.5, 0.6) is 0 Å². The highest BCUT2D eigenvalue weighted by molar-refractivity contribution is 5.86. The van der Waals surface area contributed by atoms with Gasteiger partial charge in [-0.1, -0.05) is 0 Å². The number of aliphatic carboxylic acids is 1. The third-order valence-corrected chi connectivity index (χ3v) is 2.27. The Kier molecular flexibility index (Phi) is 4.22. The average molecular weight is 232 g/mol. The minimum absolute atomic E-state index is 0.0623. The Bertz CT molecular complexity index is 273. The van der Waals surface area contributed by atoms with E-state index in [2.05, 4.69) is 0 Å². The molecule has 7 heteroatoms. The predicted molar refractivity (Wildman–Crippen MR) is 53.7 cm³/mol. The summed E-state index contributed by atoms with van der Waals surface area (Å²) in [6.07, 6.45) is 0. The van der Waals surface area contributed by atoms with Crippen LogP contribution < -0.4 is 5.32 Å². The molecule has 0 unspecified atom stereocenters. The topological polar surface area (TPSA) is 99.1 Å². The van der Waals surface area contributed by atoms with E-state index >= 15 is 0 Å². The minimum Gasteiger partial charge on any atom is -0.478 e. The summed E-state index contributed by atoms with van der Waals surface area (Å²) in [6, 6.07) is 0. The van der Waals surface area contributed by atoms with Gasteiger partial charge in [-0.05, 0) is 6.92 Å². The average Bonchev–Trinajstić information content (AvgIpc) is 2.17. The molecule has 1 atom stereocenters. The zero-order chi connectivity index (χ0) is 12.2. The summed E-state index contributed by atoms with van der Waals surface area (Å²) in [4.78, 5) is 23.8. The molecule has 0 bridgehead atoms. The Hall–Kier alpha value is -1.18. The highest BCUT2D eigenvalue weighted by atomic mass is 16.5. The number of carbonyl (C=O) groups is 2. The summed E-state index contributed by atoms with van der Waals surface area (Å²) >= 11 is 0. The highest BCUT2D eigenvalue weighted by Gasteiger charge is 2.32. The van der Waals surface area contributed by atoms with Gasteiger partial charge in [0.05, 0.1) is 19.8 Å². The summed E-state index contributed by atoms with van der Waals surface area (Å²) < 4.78 is 5.10. The molecule has 1 amide bonds. The predicted octanol–water partition coefficient (Wildman–Crippen LogP) is -1.77.